The highest BCUT2D eigenvalue weighted by Crippen LogP contribution is 2.16. The quantitative estimate of drug-likeness (QED) is 0.720. The summed E-state index contributed by atoms with van der Waals surface area (Å²) in [5, 5.41) is 9.77. The number of halogens is 2. The molecule has 0 bridgehead atoms. The predicted octanol–water partition coefficient (Wildman–Crippen LogP) is 2.66. The average molecular weight is 373 g/mol. The second-order valence-corrected chi connectivity index (χ2v) is 6.18. The molecule has 7 nitrogen and oxygen atoms in total. The van der Waals surface area contributed by atoms with Crippen molar-refractivity contribution in [3.63, 3.8) is 0 Å². The number of hydrogen-bond donors (Lipinski definition) is 2. The Morgan fingerprint density at radius 2 is 1.93 bits per heavy atom. The van der Waals surface area contributed by atoms with E-state index in [1.807, 2.05) is 13.8 Å². The summed E-state index contributed by atoms with van der Waals surface area (Å²) in [6.45, 7) is 3.61. The SMILES string of the molecule is CC(C)n1ncc2cc(C(=O)NCC(=O)Nc3ccc(F)c(F)c3)cnc21. The van der Waals surface area contributed by atoms with E-state index in [0.29, 0.717) is 11.0 Å². The standard InChI is InChI=1S/C18H17F2N5O2/c1-10(2)25-17-11(8-23-25)5-12(7-21-17)18(27)22-9-16(26)24-13-3-4-14(19)15(20)6-13/h3-8,10H,9H2,1-2H3,(H,22,27)(H,24,26). The second-order valence-electron chi connectivity index (χ2n) is 6.18. The fourth-order valence-electron chi connectivity index (χ4n) is 2.48. The number of amides is 2. The summed E-state index contributed by atoms with van der Waals surface area (Å²) in [4.78, 5) is 28.3. The van der Waals surface area contributed by atoms with Crippen LogP contribution >= 0.6 is 0 Å². The van der Waals surface area contributed by atoms with Crippen LogP contribution in [0.1, 0.15) is 30.2 Å². The molecule has 0 aliphatic heterocycles. The largest absolute Gasteiger partial charge is 0.343 e. The van der Waals surface area contributed by atoms with Gasteiger partial charge in [0.2, 0.25) is 5.91 Å². The lowest BCUT2D eigenvalue weighted by Crippen LogP contribution is -2.32. The van der Waals surface area contributed by atoms with Crippen LogP contribution in [0.25, 0.3) is 11.0 Å². The van der Waals surface area contributed by atoms with E-state index in [0.717, 1.165) is 12.1 Å². The molecule has 0 radical (unpaired) electrons. The fourth-order valence-corrected chi connectivity index (χ4v) is 2.48. The number of anilines is 1. The molecule has 2 aromatic heterocycles. The van der Waals surface area contributed by atoms with Crippen molar-refractivity contribution in [1.82, 2.24) is 20.1 Å². The summed E-state index contributed by atoms with van der Waals surface area (Å²) in [7, 11) is 0. The smallest absolute Gasteiger partial charge is 0.253 e. The van der Waals surface area contributed by atoms with Gasteiger partial charge in [0.05, 0.1) is 18.3 Å². The van der Waals surface area contributed by atoms with Gasteiger partial charge in [-0.05, 0) is 32.0 Å². The van der Waals surface area contributed by atoms with E-state index in [-0.39, 0.29) is 23.8 Å². The molecular weight excluding hydrogens is 356 g/mol. The number of carbonyl (C=O) groups excluding carboxylic acids is 2. The predicted molar refractivity (Wildman–Crippen MR) is 95.2 cm³/mol. The van der Waals surface area contributed by atoms with Crippen molar-refractivity contribution in [3.8, 4) is 0 Å². The van der Waals surface area contributed by atoms with Crippen LogP contribution in [0.3, 0.4) is 0 Å². The number of hydrogen-bond acceptors (Lipinski definition) is 4. The van der Waals surface area contributed by atoms with Gasteiger partial charge in [0.1, 0.15) is 0 Å². The van der Waals surface area contributed by atoms with Crippen LogP contribution in [0.15, 0.2) is 36.7 Å². The van der Waals surface area contributed by atoms with E-state index in [4.69, 9.17) is 0 Å². The molecule has 9 heteroatoms. The molecule has 0 spiro atoms. The lowest BCUT2D eigenvalue weighted by molar-refractivity contribution is -0.115. The molecule has 1 aromatic carbocycles. The lowest BCUT2D eigenvalue weighted by Gasteiger charge is -2.08. The van der Waals surface area contributed by atoms with Gasteiger partial charge >= 0.3 is 0 Å². The summed E-state index contributed by atoms with van der Waals surface area (Å²) in [6, 6.07) is 4.76. The summed E-state index contributed by atoms with van der Waals surface area (Å²) in [6.07, 6.45) is 3.03. The van der Waals surface area contributed by atoms with E-state index in [1.54, 1.807) is 16.9 Å². The molecule has 0 saturated heterocycles. The Labute approximate surface area is 153 Å². The number of nitrogens with zero attached hydrogens (tertiary/aromatic N) is 3. The third-order valence-corrected chi connectivity index (χ3v) is 3.80. The van der Waals surface area contributed by atoms with Crippen molar-refractivity contribution in [1.29, 1.82) is 0 Å². The molecule has 2 heterocycles. The van der Waals surface area contributed by atoms with Gasteiger partial charge < -0.3 is 10.6 Å². The van der Waals surface area contributed by atoms with E-state index >= 15 is 0 Å². The molecule has 140 valence electrons. The summed E-state index contributed by atoms with van der Waals surface area (Å²) in [5.74, 6) is -3.14. The molecule has 0 atom stereocenters. The first-order chi connectivity index (χ1) is 12.8. The summed E-state index contributed by atoms with van der Waals surface area (Å²) < 4.78 is 27.8. The highest BCUT2D eigenvalue weighted by atomic mass is 19.2. The zero-order valence-corrected chi connectivity index (χ0v) is 14.7. The minimum Gasteiger partial charge on any atom is -0.343 e. The Morgan fingerprint density at radius 3 is 2.63 bits per heavy atom. The van der Waals surface area contributed by atoms with Crippen molar-refractivity contribution in [3.05, 3.63) is 53.9 Å². The molecule has 0 saturated carbocycles. The zero-order chi connectivity index (χ0) is 19.6. The zero-order valence-electron chi connectivity index (χ0n) is 14.7. The van der Waals surface area contributed by atoms with Gasteiger partial charge in [0.25, 0.3) is 5.91 Å². The van der Waals surface area contributed by atoms with Crippen LogP contribution in [-0.4, -0.2) is 33.1 Å². The van der Waals surface area contributed by atoms with E-state index in [9.17, 15) is 18.4 Å². The molecule has 0 unspecified atom stereocenters. The molecule has 0 aliphatic rings. The number of pyridine rings is 1. The van der Waals surface area contributed by atoms with Crippen LogP contribution in [0, 0.1) is 11.6 Å². The Bertz CT molecular complexity index is 1020. The molecule has 27 heavy (non-hydrogen) atoms. The highest BCUT2D eigenvalue weighted by Gasteiger charge is 2.13. The maximum atomic E-state index is 13.1. The molecule has 3 aromatic rings. The maximum Gasteiger partial charge on any atom is 0.253 e. The van der Waals surface area contributed by atoms with Crippen molar-refractivity contribution in [2.24, 2.45) is 0 Å². The van der Waals surface area contributed by atoms with Crippen LogP contribution < -0.4 is 10.6 Å². The average Bonchev–Trinajstić information content (AvgIpc) is 3.06. The van der Waals surface area contributed by atoms with E-state index in [1.165, 1.54) is 12.3 Å². The van der Waals surface area contributed by atoms with Crippen molar-refractivity contribution in [2.45, 2.75) is 19.9 Å². The van der Waals surface area contributed by atoms with Crippen LogP contribution in [0.4, 0.5) is 14.5 Å². The second kappa shape index (κ2) is 7.48. The third-order valence-electron chi connectivity index (χ3n) is 3.80. The third kappa shape index (κ3) is 4.08. The number of nitrogens with one attached hydrogen (secondary N) is 2. The normalized spacial score (nSPS) is 11.0. The van der Waals surface area contributed by atoms with Crippen LogP contribution in [0.5, 0.6) is 0 Å². The van der Waals surface area contributed by atoms with Gasteiger partial charge in [-0.3, -0.25) is 9.59 Å². The first-order valence-electron chi connectivity index (χ1n) is 8.21. The Hall–Kier alpha value is -3.36. The minimum atomic E-state index is -1.07. The molecule has 2 N–H and O–H groups in total. The van der Waals surface area contributed by atoms with Gasteiger partial charge in [-0.15, -0.1) is 0 Å². The summed E-state index contributed by atoms with van der Waals surface area (Å²) in [5.41, 5.74) is 1.04. The van der Waals surface area contributed by atoms with E-state index < -0.39 is 23.4 Å². The number of carbonyl (C=O) groups is 2. The number of benzene rings is 1. The van der Waals surface area contributed by atoms with Gasteiger partial charge in [-0.1, -0.05) is 0 Å². The number of fused-ring (bicyclic) bond motifs is 1. The Balaban J connectivity index is 1.62. The Kier molecular flexibility index (Phi) is 5.11. The van der Waals surface area contributed by atoms with Gasteiger partial charge in [0.15, 0.2) is 17.3 Å². The van der Waals surface area contributed by atoms with Gasteiger partial charge in [-0.2, -0.15) is 5.10 Å². The lowest BCUT2D eigenvalue weighted by atomic mass is 10.2. The van der Waals surface area contributed by atoms with Crippen LogP contribution in [-0.2, 0) is 4.79 Å². The van der Waals surface area contributed by atoms with Crippen molar-refractivity contribution >= 4 is 28.5 Å². The monoisotopic (exact) mass is 373 g/mol. The fraction of sp³-hybridized carbons (Fsp3) is 0.222. The van der Waals surface area contributed by atoms with Crippen molar-refractivity contribution < 1.29 is 18.4 Å². The molecule has 3 rings (SSSR count). The number of aromatic nitrogens is 3. The van der Waals surface area contributed by atoms with Gasteiger partial charge in [-0.25, -0.2) is 18.4 Å². The highest BCUT2D eigenvalue weighted by molar-refractivity contribution is 6.00. The first kappa shape index (κ1) is 18.4. The molecular formula is C18H17F2N5O2. The summed E-state index contributed by atoms with van der Waals surface area (Å²) >= 11 is 0. The van der Waals surface area contributed by atoms with Crippen molar-refractivity contribution in [2.75, 3.05) is 11.9 Å². The maximum absolute atomic E-state index is 13.1. The topological polar surface area (TPSA) is 88.9 Å². The van der Waals surface area contributed by atoms with Crippen LogP contribution in [0.2, 0.25) is 0 Å². The minimum absolute atomic E-state index is 0.0948. The molecule has 2 amide bonds. The molecule has 0 fully saturated rings. The Morgan fingerprint density at radius 1 is 1.15 bits per heavy atom. The van der Waals surface area contributed by atoms with Gasteiger partial charge in [0, 0.05) is 29.4 Å². The number of rotatable bonds is 5. The van der Waals surface area contributed by atoms with E-state index in [2.05, 4.69) is 20.7 Å². The molecule has 0 aliphatic carbocycles. The first-order valence-corrected chi connectivity index (χ1v) is 8.21.